The van der Waals surface area contributed by atoms with Gasteiger partial charge >= 0.3 is 0 Å². The Balaban J connectivity index is 2.62. The summed E-state index contributed by atoms with van der Waals surface area (Å²) in [5.41, 5.74) is 0.702. The van der Waals surface area contributed by atoms with Crippen LogP contribution in [0.4, 0.5) is 0 Å². The van der Waals surface area contributed by atoms with Gasteiger partial charge in [-0.2, -0.15) is 0 Å². The second-order valence-corrected chi connectivity index (χ2v) is 5.07. The van der Waals surface area contributed by atoms with Gasteiger partial charge in [0.25, 0.3) is 0 Å². The van der Waals surface area contributed by atoms with Crippen LogP contribution in [0.3, 0.4) is 0 Å². The monoisotopic (exact) mass is 237 g/mol. The van der Waals surface area contributed by atoms with Crippen LogP contribution in [0.5, 0.6) is 5.75 Å². The number of ether oxygens (including phenoxy) is 1. The van der Waals surface area contributed by atoms with Gasteiger partial charge < -0.3 is 15.2 Å². The average Bonchev–Trinajstić information content (AvgIpc) is 2.27. The molecule has 0 aliphatic rings. The molecule has 2 N–H and O–H groups in total. The van der Waals surface area contributed by atoms with Crippen LogP contribution < -0.4 is 10.1 Å². The van der Waals surface area contributed by atoms with E-state index in [1.54, 1.807) is 0 Å². The molecule has 1 aromatic carbocycles. The van der Waals surface area contributed by atoms with Crippen molar-refractivity contribution in [2.75, 3.05) is 13.2 Å². The molecule has 0 radical (unpaired) electrons. The maximum Gasteiger partial charge on any atom is 0.122 e. The Bertz CT molecular complexity index is 352. The van der Waals surface area contributed by atoms with Gasteiger partial charge in [-0.25, -0.2) is 0 Å². The molecule has 0 saturated heterocycles. The molecule has 1 atom stereocenters. The van der Waals surface area contributed by atoms with E-state index >= 15 is 0 Å². The van der Waals surface area contributed by atoms with E-state index in [2.05, 4.69) is 19.2 Å². The molecule has 3 heteroatoms. The molecular weight excluding hydrogens is 214 g/mol. The van der Waals surface area contributed by atoms with E-state index in [4.69, 9.17) is 4.74 Å². The Hall–Kier alpha value is -1.06. The van der Waals surface area contributed by atoms with Gasteiger partial charge in [-0.1, -0.05) is 32.0 Å². The van der Waals surface area contributed by atoms with Gasteiger partial charge in [-0.05, 0) is 25.5 Å². The Morgan fingerprint density at radius 1 is 1.35 bits per heavy atom. The molecule has 0 amide bonds. The molecule has 1 aromatic rings. The van der Waals surface area contributed by atoms with E-state index in [1.807, 2.05) is 38.1 Å². The first-order valence-electron chi connectivity index (χ1n) is 6.04. The van der Waals surface area contributed by atoms with Crippen LogP contribution in [0, 0.1) is 6.92 Å². The van der Waals surface area contributed by atoms with Gasteiger partial charge in [0.15, 0.2) is 0 Å². The van der Waals surface area contributed by atoms with E-state index in [9.17, 15) is 5.11 Å². The zero-order valence-corrected chi connectivity index (χ0v) is 11.2. The number of rotatable bonds is 6. The van der Waals surface area contributed by atoms with Gasteiger partial charge in [0.05, 0.1) is 12.1 Å². The summed E-state index contributed by atoms with van der Waals surface area (Å²) in [6.07, 6.45) is 0. The summed E-state index contributed by atoms with van der Waals surface area (Å²) in [4.78, 5) is 0. The number of nitrogens with one attached hydrogen (secondary N) is 1. The van der Waals surface area contributed by atoms with E-state index in [-0.39, 0.29) is 6.61 Å². The first-order chi connectivity index (χ1) is 7.97. The molecule has 3 nitrogen and oxygen atoms in total. The molecule has 0 heterocycles. The predicted molar refractivity (Wildman–Crippen MR) is 70.4 cm³/mol. The normalized spacial score (nSPS) is 14.7. The van der Waals surface area contributed by atoms with Crippen LogP contribution in [0.15, 0.2) is 24.3 Å². The predicted octanol–water partition coefficient (Wildman–Crippen LogP) is 2.12. The lowest BCUT2D eigenvalue weighted by Crippen LogP contribution is -2.53. The SMILES string of the molecule is Cc1ccccc1OCC(C)(CO)NC(C)C. The van der Waals surface area contributed by atoms with E-state index in [0.717, 1.165) is 11.3 Å². The highest BCUT2D eigenvalue weighted by atomic mass is 16.5. The summed E-state index contributed by atoms with van der Waals surface area (Å²) >= 11 is 0. The standard InChI is InChI=1S/C14H23NO2/c1-11(2)15-14(4,9-16)10-17-13-8-6-5-7-12(13)3/h5-8,11,15-16H,9-10H2,1-4H3. The van der Waals surface area contributed by atoms with Crippen LogP contribution in [0.1, 0.15) is 26.3 Å². The fraction of sp³-hybridized carbons (Fsp3) is 0.571. The number of hydrogen-bond donors (Lipinski definition) is 2. The van der Waals surface area contributed by atoms with Crippen molar-refractivity contribution in [1.82, 2.24) is 5.32 Å². The van der Waals surface area contributed by atoms with Gasteiger partial charge in [-0.3, -0.25) is 0 Å². The second kappa shape index (κ2) is 6.03. The maximum atomic E-state index is 9.44. The summed E-state index contributed by atoms with van der Waals surface area (Å²) in [5, 5.41) is 12.8. The summed E-state index contributed by atoms with van der Waals surface area (Å²) in [6, 6.07) is 8.21. The van der Waals surface area contributed by atoms with Crippen molar-refractivity contribution in [2.45, 2.75) is 39.3 Å². The summed E-state index contributed by atoms with van der Waals surface area (Å²) < 4.78 is 5.77. The molecule has 0 aliphatic heterocycles. The summed E-state index contributed by atoms with van der Waals surface area (Å²) in [5.74, 6) is 0.873. The third kappa shape index (κ3) is 4.36. The molecule has 17 heavy (non-hydrogen) atoms. The average molecular weight is 237 g/mol. The molecule has 1 rings (SSSR count). The molecular formula is C14H23NO2. The van der Waals surface area contributed by atoms with Gasteiger partial charge in [0.1, 0.15) is 12.4 Å². The molecule has 0 fully saturated rings. The molecule has 0 aromatic heterocycles. The fourth-order valence-electron chi connectivity index (χ4n) is 1.79. The smallest absolute Gasteiger partial charge is 0.122 e. The van der Waals surface area contributed by atoms with E-state index < -0.39 is 5.54 Å². The minimum absolute atomic E-state index is 0.0526. The maximum absolute atomic E-state index is 9.44. The third-order valence-electron chi connectivity index (χ3n) is 2.63. The highest BCUT2D eigenvalue weighted by Crippen LogP contribution is 2.18. The van der Waals surface area contributed by atoms with Crippen LogP contribution in [0.2, 0.25) is 0 Å². The van der Waals surface area contributed by atoms with Crippen LogP contribution in [-0.2, 0) is 0 Å². The first kappa shape index (κ1) is 14.0. The minimum atomic E-state index is -0.406. The van der Waals surface area contributed by atoms with E-state index in [1.165, 1.54) is 0 Å². The van der Waals surface area contributed by atoms with Crippen molar-refractivity contribution in [1.29, 1.82) is 0 Å². The van der Waals surface area contributed by atoms with Crippen molar-refractivity contribution in [3.63, 3.8) is 0 Å². The second-order valence-electron chi connectivity index (χ2n) is 5.07. The van der Waals surface area contributed by atoms with Gasteiger partial charge in [0.2, 0.25) is 0 Å². The van der Waals surface area contributed by atoms with Crippen LogP contribution >= 0.6 is 0 Å². The highest BCUT2D eigenvalue weighted by molar-refractivity contribution is 5.31. The lowest BCUT2D eigenvalue weighted by atomic mass is 10.0. The third-order valence-corrected chi connectivity index (χ3v) is 2.63. The summed E-state index contributed by atoms with van der Waals surface area (Å²) in [7, 11) is 0. The van der Waals surface area contributed by atoms with Crippen molar-refractivity contribution in [3.05, 3.63) is 29.8 Å². The van der Waals surface area contributed by atoms with Gasteiger partial charge in [0, 0.05) is 6.04 Å². The zero-order valence-electron chi connectivity index (χ0n) is 11.2. The first-order valence-corrected chi connectivity index (χ1v) is 6.04. The fourth-order valence-corrected chi connectivity index (χ4v) is 1.79. The quantitative estimate of drug-likeness (QED) is 0.796. The van der Waals surface area contributed by atoms with E-state index in [0.29, 0.717) is 12.6 Å². The number of aliphatic hydroxyl groups excluding tert-OH is 1. The molecule has 96 valence electrons. The van der Waals surface area contributed by atoms with Crippen LogP contribution in [0.25, 0.3) is 0 Å². The number of aliphatic hydroxyl groups is 1. The Labute approximate surface area is 104 Å². The largest absolute Gasteiger partial charge is 0.491 e. The Morgan fingerprint density at radius 2 is 2.00 bits per heavy atom. The number of benzene rings is 1. The number of para-hydroxylation sites is 1. The highest BCUT2D eigenvalue weighted by Gasteiger charge is 2.25. The molecule has 1 unspecified atom stereocenters. The van der Waals surface area contributed by atoms with Gasteiger partial charge in [-0.15, -0.1) is 0 Å². The number of hydrogen-bond acceptors (Lipinski definition) is 3. The zero-order chi connectivity index (χ0) is 12.9. The van der Waals surface area contributed by atoms with Crippen molar-refractivity contribution >= 4 is 0 Å². The number of aryl methyl sites for hydroxylation is 1. The Kier molecular flexibility index (Phi) is 4.97. The van der Waals surface area contributed by atoms with Crippen LogP contribution in [-0.4, -0.2) is 29.9 Å². The lowest BCUT2D eigenvalue weighted by molar-refractivity contribution is 0.108. The minimum Gasteiger partial charge on any atom is -0.491 e. The van der Waals surface area contributed by atoms with Crippen molar-refractivity contribution in [3.8, 4) is 5.75 Å². The van der Waals surface area contributed by atoms with Crippen molar-refractivity contribution < 1.29 is 9.84 Å². The Morgan fingerprint density at radius 3 is 2.53 bits per heavy atom. The topological polar surface area (TPSA) is 41.5 Å². The van der Waals surface area contributed by atoms with Crippen molar-refractivity contribution in [2.24, 2.45) is 0 Å². The molecule has 0 spiro atoms. The molecule has 0 aliphatic carbocycles. The summed E-state index contributed by atoms with van der Waals surface area (Å²) in [6.45, 7) is 8.60. The molecule has 0 bridgehead atoms. The molecule has 0 saturated carbocycles. The lowest BCUT2D eigenvalue weighted by Gasteiger charge is -2.31.